The molecular formula is C20H21Cl3N4OS. The van der Waals surface area contributed by atoms with Crippen LogP contribution in [0.4, 0.5) is 0 Å². The largest absolute Gasteiger partial charge is 0.333 e. The number of halogens is 3. The molecule has 1 aliphatic heterocycles. The third-order valence-corrected chi connectivity index (χ3v) is 5.77. The Morgan fingerprint density at radius 3 is 2.90 bits per heavy atom. The van der Waals surface area contributed by atoms with Gasteiger partial charge in [-0.15, -0.1) is 36.2 Å². The van der Waals surface area contributed by atoms with Crippen LogP contribution in [0, 0.1) is 0 Å². The molecule has 1 fully saturated rings. The van der Waals surface area contributed by atoms with Gasteiger partial charge in [-0.05, 0) is 29.8 Å². The normalized spacial score (nSPS) is 15.9. The van der Waals surface area contributed by atoms with Crippen LogP contribution >= 0.6 is 47.8 Å². The molecule has 154 valence electrons. The molecule has 29 heavy (non-hydrogen) atoms. The number of amides is 1. The average Bonchev–Trinajstić information content (AvgIpc) is 3.17. The number of nitrogens with zero attached hydrogens (tertiary/aromatic N) is 3. The first-order chi connectivity index (χ1) is 13.2. The summed E-state index contributed by atoms with van der Waals surface area (Å²) in [7, 11) is 0. The van der Waals surface area contributed by atoms with E-state index in [2.05, 4.69) is 15.3 Å². The Hall–Kier alpha value is -1.70. The number of aromatic nitrogens is 2. The van der Waals surface area contributed by atoms with E-state index in [9.17, 15) is 4.79 Å². The topological polar surface area (TPSA) is 58.1 Å². The zero-order chi connectivity index (χ0) is 18.6. The molecule has 0 saturated carbocycles. The molecular weight excluding hydrogens is 451 g/mol. The molecule has 1 saturated heterocycles. The van der Waals surface area contributed by atoms with Crippen molar-refractivity contribution < 1.29 is 4.79 Å². The number of rotatable bonds is 4. The quantitative estimate of drug-likeness (QED) is 0.612. The minimum Gasteiger partial charge on any atom is -0.333 e. The van der Waals surface area contributed by atoms with Crippen LogP contribution in [-0.2, 0) is 11.2 Å². The molecule has 0 radical (unpaired) electrons. The van der Waals surface area contributed by atoms with Crippen molar-refractivity contribution in [2.75, 3.05) is 19.6 Å². The summed E-state index contributed by atoms with van der Waals surface area (Å²) >= 11 is 7.68. The van der Waals surface area contributed by atoms with Gasteiger partial charge in [0.2, 0.25) is 5.91 Å². The second kappa shape index (κ2) is 10.9. The zero-order valence-corrected chi connectivity index (χ0v) is 18.7. The maximum absolute atomic E-state index is 13.0. The standard InChI is InChI=1S/C20H19ClN4OS.2ClH/c21-16-5-1-3-14(9-16)18-12-23-7-8-25(18)19(26)10-17-13-27-20(24-17)15-4-2-6-22-11-15;;/h1-6,9,11,13,18,23H,7-8,10,12H2;2*1H. The summed E-state index contributed by atoms with van der Waals surface area (Å²) in [5.74, 6) is 0.0875. The second-order valence-electron chi connectivity index (χ2n) is 6.42. The summed E-state index contributed by atoms with van der Waals surface area (Å²) in [5, 5.41) is 6.90. The number of thiazole rings is 1. The van der Waals surface area contributed by atoms with Crippen LogP contribution in [0.2, 0.25) is 5.02 Å². The van der Waals surface area contributed by atoms with E-state index in [0.717, 1.165) is 34.9 Å². The summed E-state index contributed by atoms with van der Waals surface area (Å²) < 4.78 is 0. The Kier molecular flexibility index (Phi) is 8.86. The van der Waals surface area contributed by atoms with E-state index in [4.69, 9.17) is 11.6 Å². The molecule has 9 heteroatoms. The first-order valence-corrected chi connectivity index (χ1v) is 10.1. The highest BCUT2D eigenvalue weighted by atomic mass is 35.5. The van der Waals surface area contributed by atoms with Gasteiger partial charge in [-0.3, -0.25) is 9.78 Å². The van der Waals surface area contributed by atoms with E-state index in [1.54, 1.807) is 12.4 Å². The summed E-state index contributed by atoms with van der Waals surface area (Å²) in [6.45, 7) is 2.19. The molecule has 1 atom stereocenters. The first-order valence-electron chi connectivity index (χ1n) is 8.81. The van der Waals surface area contributed by atoms with Gasteiger partial charge in [-0.2, -0.15) is 0 Å². The number of pyridine rings is 1. The zero-order valence-electron chi connectivity index (χ0n) is 15.5. The Morgan fingerprint density at radius 1 is 1.28 bits per heavy atom. The molecule has 1 aromatic carbocycles. The summed E-state index contributed by atoms with van der Waals surface area (Å²) in [4.78, 5) is 23.7. The van der Waals surface area contributed by atoms with E-state index in [0.29, 0.717) is 18.0 Å². The van der Waals surface area contributed by atoms with Gasteiger partial charge in [0.1, 0.15) is 5.01 Å². The highest BCUT2D eigenvalue weighted by Gasteiger charge is 2.28. The predicted octanol–water partition coefficient (Wildman–Crippen LogP) is 4.42. The van der Waals surface area contributed by atoms with Gasteiger partial charge in [-0.25, -0.2) is 4.98 Å². The summed E-state index contributed by atoms with van der Waals surface area (Å²) in [6, 6.07) is 11.6. The maximum Gasteiger partial charge on any atom is 0.229 e. The molecule has 3 aromatic rings. The monoisotopic (exact) mass is 470 g/mol. The highest BCUT2D eigenvalue weighted by Crippen LogP contribution is 2.27. The molecule has 2 aromatic heterocycles. The third-order valence-electron chi connectivity index (χ3n) is 4.59. The van der Waals surface area contributed by atoms with Crippen LogP contribution in [0.3, 0.4) is 0 Å². The number of hydrogen-bond donors (Lipinski definition) is 1. The molecule has 5 nitrogen and oxygen atoms in total. The SMILES string of the molecule is Cl.Cl.O=C(Cc1csc(-c2cccnc2)n1)N1CCNCC1c1cccc(Cl)c1. The van der Waals surface area contributed by atoms with Crippen LogP contribution in [0.25, 0.3) is 10.6 Å². The van der Waals surface area contributed by atoms with Crippen LogP contribution < -0.4 is 5.32 Å². The molecule has 0 bridgehead atoms. The number of carbonyl (C=O) groups excluding carboxylic acids is 1. The van der Waals surface area contributed by atoms with Crippen LogP contribution in [-0.4, -0.2) is 40.4 Å². The number of carbonyl (C=O) groups is 1. The molecule has 0 spiro atoms. The predicted molar refractivity (Wildman–Crippen MR) is 122 cm³/mol. The fourth-order valence-electron chi connectivity index (χ4n) is 3.28. The summed E-state index contributed by atoms with van der Waals surface area (Å²) in [5.41, 5.74) is 2.82. The van der Waals surface area contributed by atoms with Crippen molar-refractivity contribution in [1.82, 2.24) is 20.2 Å². The van der Waals surface area contributed by atoms with E-state index < -0.39 is 0 Å². The lowest BCUT2D eigenvalue weighted by molar-refractivity contribution is -0.133. The van der Waals surface area contributed by atoms with Gasteiger partial charge in [-0.1, -0.05) is 23.7 Å². The van der Waals surface area contributed by atoms with Crippen LogP contribution in [0.5, 0.6) is 0 Å². The smallest absolute Gasteiger partial charge is 0.229 e. The Balaban J connectivity index is 0.00000150. The van der Waals surface area contributed by atoms with E-state index in [-0.39, 0.29) is 36.8 Å². The van der Waals surface area contributed by atoms with Gasteiger partial charge in [0.05, 0.1) is 18.2 Å². The molecule has 1 aliphatic rings. The van der Waals surface area contributed by atoms with Crippen molar-refractivity contribution in [3.05, 3.63) is 70.5 Å². The third kappa shape index (κ3) is 5.68. The van der Waals surface area contributed by atoms with Crippen molar-refractivity contribution in [3.63, 3.8) is 0 Å². The lowest BCUT2D eigenvalue weighted by atomic mass is 10.0. The Morgan fingerprint density at radius 2 is 2.14 bits per heavy atom. The lowest BCUT2D eigenvalue weighted by Crippen LogP contribution is -2.49. The number of piperazine rings is 1. The van der Waals surface area contributed by atoms with Crippen molar-refractivity contribution >= 4 is 53.7 Å². The van der Waals surface area contributed by atoms with Gasteiger partial charge in [0, 0.05) is 48.0 Å². The minimum absolute atomic E-state index is 0. The molecule has 1 unspecified atom stereocenters. The first kappa shape index (κ1) is 23.6. The number of nitrogens with one attached hydrogen (secondary N) is 1. The molecule has 1 amide bonds. The Labute approximate surface area is 191 Å². The van der Waals surface area contributed by atoms with E-state index in [1.807, 2.05) is 46.7 Å². The second-order valence-corrected chi connectivity index (χ2v) is 7.72. The molecule has 3 heterocycles. The van der Waals surface area contributed by atoms with Gasteiger partial charge in [0.15, 0.2) is 0 Å². The fraction of sp³-hybridized carbons (Fsp3) is 0.250. The van der Waals surface area contributed by atoms with Crippen molar-refractivity contribution in [3.8, 4) is 10.6 Å². The minimum atomic E-state index is -0.0126. The van der Waals surface area contributed by atoms with Gasteiger partial charge < -0.3 is 10.2 Å². The van der Waals surface area contributed by atoms with Crippen molar-refractivity contribution in [1.29, 1.82) is 0 Å². The maximum atomic E-state index is 13.0. The molecule has 0 aliphatic carbocycles. The van der Waals surface area contributed by atoms with Crippen molar-refractivity contribution in [2.45, 2.75) is 12.5 Å². The van der Waals surface area contributed by atoms with E-state index >= 15 is 0 Å². The lowest BCUT2D eigenvalue weighted by Gasteiger charge is -2.36. The number of benzene rings is 1. The number of hydrogen-bond acceptors (Lipinski definition) is 5. The molecule has 1 N–H and O–H groups in total. The highest BCUT2D eigenvalue weighted by molar-refractivity contribution is 7.13. The average molecular weight is 472 g/mol. The van der Waals surface area contributed by atoms with Crippen LogP contribution in [0.1, 0.15) is 17.3 Å². The van der Waals surface area contributed by atoms with Crippen molar-refractivity contribution in [2.24, 2.45) is 0 Å². The fourth-order valence-corrected chi connectivity index (χ4v) is 4.29. The Bertz CT molecular complexity index is 938. The molecule has 4 rings (SSSR count). The van der Waals surface area contributed by atoms with E-state index in [1.165, 1.54) is 11.3 Å². The summed E-state index contributed by atoms with van der Waals surface area (Å²) in [6.07, 6.45) is 3.83. The van der Waals surface area contributed by atoms with Gasteiger partial charge >= 0.3 is 0 Å². The van der Waals surface area contributed by atoms with Crippen LogP contribution in [0.15, 0.2) is 54.2 Å². The van der Waals surface area contributed by atoms with Gasteiger partial charge in [0.25, 0.3) is 0 Å².